The molecule has 7 heteroatoms. The molecule has 0 aliphatic heterocycles. The lowest BCUT2D eigenvalue weighted by atomic mass is 10.0. The van der Waals surface area contributed by atoms with E-state index in [1.165, 1.54) is 12.8 Å². The Morgan fingerprint density at radius 3 is 2.67 bits per heavy atom. The van der Waals surface area contributed by atoms with Gasteiger partial charge in [0.05, 0.1) is 16.8 Å². The zero-order valence-electron chi connectivity index (χ0n) is 12.0. The van der Waals surface area contributed by atoms with Gasteiger partial charge in [-0.25, -0.2) is 18.7 Å². The maximum absolute atomic E-state index is 12.0. The van der Waals surface area contributed by atoms with Crippen molar-refractivity contribution in [1.82, 2.24) is 9.97 Å². The first-order chi connectivity index (χ1) is 10.1. The predicted molar refractivity (Wildman–Crippen MR) is 81.0 cm³/mol. The molecule has 1 heterocycles. The van der Waals surface area contributed by atoms with Crippen molar-refractivity contribution in [3.63, 3.8) is 0 Å². The van der Waals surface area contributed by atoms with Crippen molar-refractivity contribution in [2.45, 2.75) is 44.4 Å². The van der Waals surface area contributed by atoms with Crippen molar-refractivity contribution in [2.24, 2.45) is 0 Å². The number of ether oxygens (including phenoxy) is 1. The first kappa shape index (κ1) is 16.5. The van der Waals surface area contributed by atoms with Gasteiger partial charge in [0.1, 0.15) is 18.2 Å². The number of halogens is 3. The van der Waals surface area contributed by atoms with Crippen LogP contribution in [0.25, 0.3) is 0 Å². The van der Waals surface area contributed by atoms with Crippen molar-refractivity contribution in [3.8, 4) is 0 Å². The molecule has 1 aliphatic rings. The third kappa shape index (κ3) is 4.57. The Morgan fingerprint density at radius 2 is 2.05 bits per heavy atom. The smallest absolute Gasteiger partial charge is 0.261 e. The first-order valence-corrected chi connectivity index (χ1v) is 8.01. The maximum atomic E-state index is 12.0. The zero-order chi connectivity index (χ0) is 15.2. The summed E-state index contributed by atoms with van der Waals surface area (Å²) in [7, 11) is 1.81. The lowest BCUT2D eigenvalue weighted by molar-refractivity contribution is 0.0182. The van der Waals surface area contributed by atoms with Crippen molar-refractivity contribution in [1.29, 1.82) is 0 Å². The second kappa shape index (κ2) is 7.98. The highest BCUT2D eigenvalue weighted by atomic mass is 79.9. The summed E-state index contributed by atoms with van der Waals surface area (Å²) in [5, 5.41) is 3.05. The van der Waals surface area contributed by atoms with Crippen LogP contribution in [0, 0.1) is 0 Å². The third-order valence-corrected chi connectivity index (χ3v) is 4.40. The van der Waals surface area contributed by atoms with E-state index in [9.17, 15) is 8.78 Å². The van der Waals surface area contributed by atoms with Gasteiger partial charge in [-0.05, 0) is 28.8 Å². The highest BCUT2D eigenvalue weighted by Crippen LogP contribution is 2.38. The highest BCUT2D eigenvalue weighted by Gasteiger charge is 2.23. The maximum Gasteiger partial charge on any atom is 0.261 e. The van der Waals surface area contributed by atoms with Crippen LogP contribution in [-0.4, -0.2) is 36.7 Å². The summed E-state index contributed by atoms with van der Waals surface area (Å²) in [6.07, 6.45) is 2.73. The summed E-state index contributed by atoms with van der Waals surface area (Å²) >= 11 is 3.57. The fraction of sp³-hybridized carbons (Fsp3) is 0.714. The lowest BCUT2D eigenvalue weighted by Gasteiger charge is -2.15. The van der Waals surface area contributed by atoms with Crippen LogP contribution in [0.5, 0.6) is 0 Å². The van der Waals surface area contributed by atoms with E-state index in [1.54, 1.807) is 0 Å². The molecule has 1 aromatic rings. The van der Waals surface area contributed by atoms with Crippen LogP contribution in [0.15, 0.2) is 4.47 Å². The van der Waals surface area contributed by atoms with E-state index in [0.717, 1.165) is 28.8 Å². The Kier molecular flexibility index (Phi) is 6.29. The molecule has 1 saturated carbocycles. The SMILES string of the molecule is CNc1nc(CCOCC(F)F)nc(C2CCCC2)c1Br. The monoisotopic (exact) mass is 363 g/mol. The molecule has 21 heavy (non-hydrogen) atoms. The van der Waals surface area contributed by atoms with Gasteiger partial charge in [0.25, 0.3) is 6.43 Å². The van der Waals surface area contributed by atoms with Crippen LogP contribution in [0.3, 0.4) is 0 Å². The van der Waals surface area contributed by atoms with Crippen LogP contribution in [0.4, 0.5) is 14.6 Å². The van der Waals surface area contributed by atoms with Gasteiger partial charge in [0, 0.05) is 19.4 Å². The molecule has 1 aromatic heterocycles. The Hall–Kier alpha value is -0.820. The van der Waals surface area contributed by atoms with E-state index in [4.69, 9.17) is 4.74 Å². The molecule has 0 radical (unpaired) electrons. The second-order valence-electron chi connectivity index (χ2n) is 5.14. The van der Waals surface area contributed by atoms with E-state index in [-0.39, 0.29) is 6.61 Å². The lowest BCUT2D eigenvalue weighted by Crippen LogP contribution is -2.12. The van der Waals surface area contributed by atoms with E-state index >= 15 is 0 Å². The topological polar surface area (TPSA) is 47.0 Å². The number of alkyl halides is 2. The Bertz CT molecular complexity index is 468. The van der Waals surface area contributed by atoms with Gasteiger partial charge in [-0.2, -0.15) is 0 Å². The number of anilines is 1. The van der Waals surface area contributed by atoms with Crippen LogP contribution in [-0.2, 0) is 11.2 Å². The van der Waals surface area contributed by atoms with E-state index in [2.05, 4.69) is 31.2 Å². The molecule has 118 valence electrons. The van der Waals surface area contributed by atoms with Gasteiger partial charge in [-0.3, -0.25) is 0 Å². The minimum Gasteiger partial charge on any atom is -0.375 e. The molecule has 0 bridgehead atoms. The van der Waals surface area contributed by atoms with Gasteiger partial charge in [-0.15, -0.1) is 0 Å². The molecule has 0 aromatic carbocycles. The number of nitrogens with zero attached hydrogens (tertiary/aromatic N) is 2. The van der Waals surface area contributed by atoms with Gasteiger partial charge >= 0.3 is 0 Å². The number of hydrogen-bond acceptors (Lipinski definition) is 4. The minimum atomic E-state index is -2.43. The van der Waals surface area contributed by atoms with Crippen molar-refractivity contribution < 1.29 is 13.5 Å². The van der Waals surface area contributed by atoms with Crippen molar-refractivity contribution in [3.05, 3.63) is 16.0 Å². The average Bonchev–Trinajstić information content (AvgIpc) is 2.98. The summed E-state index contributed by atoms with van der Waals surface area (Å²) < 4.78 is 29.9. The van der Waals surface area contributed by atoms with Crippen LogP contribution < -0.4 is 5.32 Å². The van der Waals surface area contributed by atoms with Crippen LogP contribution in [0.2, 0.25) is 0 Å². The first-order valence-electron chi connectivity index (χ1n) is 7.21. The molecule has 2 rings (SSSR count). The van der Waals surface area contributed by atoms with E-state index < -0.39 is 13.0 Å². The number of nitrogens with one attached hydrogen (secondary N) is 1. The Morgan fingerprint density at radius 1 is 1.33 bits per heavy atom. The second-order valence-corrected chi connectivity index (χ2v) is 5.93. The van der Waals surface area contributed by atoms with Gasteiger partial charge in [0.15, 0.2) is 0 Å². The summed E-state index contributed by atoms with van der Waals surface area (Å²) in [6.45, 7) is -0.329. The fourth-order valence-electron chi connectivity index (χ4n) is 2.60. The zero-order valence-corrected chi connectivity index (χ0v) is 13.6. The molecule has 0 unspecified atom stereocenters. The van der Waals surface area contributed by atoms with Crippen LogP contribution in [0.1, 0.15) is 43.1 Å². The molecular weight excluding hydrogens is 344 g/mol. The molecule has 0 spiro atoms. The quantitative estimate of drug-likeness (QED) is 0.749. The summed E-state index contributed by atoms with van der Waals surface area (Å²) in [4.78, 5) is 9.02. The van der Waals surface area contributed by atoms with Crippen molar-refractivity contribution >= 4 is 21.7 Å². The highest BCUT2D eigenvalue weighted by molar-refractivity contribution is 9.10. The number of hydrogen-bond donors (Lipinski definition) is 1. The molecule has 1 aliphatic carbocycles. The molecule has 1 N–H and O–H groups in total. The summed E-state index contributed by atoms with van der Waals surface area (Å²) in [5.74, 6) is 1.84. The van der Waals surface area contributed by atoms with Gasteiger partial charge < -0.3 is 10.1 Å². The molecule has 0 saturated heterocycles. The Balaban J connectivity index is 2.08. The standard InChI is InChI=1S/C14H20BrF2N3O/c1-18-14-12(15)13(9-4-2-3-5-9)19-11(20-14)6-7-21-8-10(16)17/h9-10H,2-8H2,1H3,(H,18,19,20). The fourth-order valence-corrected chi connectivity index (χ4v) is 3.29. The number of rotatable bonds is 7. The normalized spacial score (nSPS) is 15.9. The van der Waals surface area contributed by atoms with E-state index in [1.807, 2.05) is 7.05 Å². The molecular formula is C14H20BrF2N3O. The largest absolute Gasteiger partial charge is 0.375 e. The average molecular weight is 364 g/mol. The molecule has 1 fully saturated rings. The Labute approximate surface area is 131 Å². The summed E-state index contributed by atoms with van der Waals surface area (Å²) in [5.41, 5.74) is 1.02. The van der Waals surface area contributed by atoms with Gasteiger partial charge in [-0.1, -0.05) is 12.8 Å². The molecule has 0 amide bonds. The number of aromatic nitrogens is 2. The summed E-state index contributed by atoms with van der Waals surface area (Å²) in [6, 6.07) is 0. The molecule has 0 atom stereocenters. The minimum absolute atomic E-state index is 0.208. The van der Waals surface area contributed by atoms with E-state index in [0.29, 0.717) is 18.2 Å². The van der Waals surface area contributed by atoms with Crippen LogP contribution >= 0.6 is 15.9 Å². The van der Waals surface area contributed by atoms with Gasteiger partial charge in [0.2, 0.25) is 0 Å². The third-order valence-electron chi connectivity index (χ3n) is 3.62. The van der Waals surface area contributed by atoms with Crippen molar-refractivity contribution in [2.75, 3.05) is 25.6 Å². The predicted octanol–water partition coefficient (Wildman–Crippen LogP) is 3.76. The molecule has 4 nitrogen and oxygen atoms in total.